The summed E-state index contributed by atoms with van der Waals surface area (Å²) in [6.45, 7) is 4.51. The van der Waals surface area contributed by atoms with Crippen molar-refractivity contribution < 1.29 is 4.74 Å². The molecule has 0 amide bonds. The van der Waals surface area contributed by atoms with Gasteiger partial charge in [0.1, 0.15) is 0 Å². The van der Waals surface area contributed by atoms with E-state index >= 15 is 0 Å². The highest BCUT2D eigenvalue weighted by molar-refractivity contribution is 5.27. The van der Waals surface area contributed by atoms with Crippen molar-refractivity contribution in [3.63, 3.8) is 0 Å². The van der Waals surface area contributed by atoms with Gasteiger partial charge in [-0.05, 0) is 42.2 Å². The van der Waals surface area contributed by atoms with Crippen LogP contribution in [0.15, 0.2) is 24.3 Å². The standard InChI is InChI=1S/C19H31NO/c1-14(2)12-15-8-7-11-17(13-15)18(20)19(21-3)16-9-5-4-6-10-16/h7-8,11,13-14,16,18-19H,4-6,9-10,12,20H2,1-3H3. The molecular formula is C19H31NO. The van der Waals surface area contributed by atoms with Crippen molar-refractivity contribution >= 4 is 0 Å². The minimum atomic E-state index is -0.00906. The molecule has 0 radical (unpaired) electrons. The molecule has 1 aliphatic rings. The summed E-state index contributed by atoms with van der Waals surface area (Å²) < 4.78 is 5.80. The first-order valence-corrected chi connectivity index (χ1v) is 8.49. The zero-order chi connectivity index (χ0) is 15.2. The summed E-state index contributed by atoms with van der Waals surface area (Å²) >= 11 is 0. The second kappa shape index (κ2) is 7.95. The van der Waals surface area contributed by atoms with Crippen LogP contribution in [0.2, 0.25) is 0 Å². The van der Waals surface area contributed by atoms with Crippen LogP contribution in [0, 0.1) is 11.8 Å². The molecule has 2 unspecified atom stereocenters. The molecule has 0 heterocycles. The molecule has 2 atom stereocenters. The van der Waals surface area contributed by atoms with Gasteiger partial charge in [0.2, 0.25) is 0 Å². The maximum absolute atomic E-state index is 6.56. The van der Waals surface area contributed by atoms with E-state index in [1.165, 1.54) is 43.2 Å². The van der Waals surface area contributed by atoms with Crippen LogP contribution < -0.4 is 5.73 Å². The largest absolute Gasteiger partial charge is 0.379 e. The maximum Gasteiger partial charge on any atom is 0.0791 e. The summed E-state index contributed by atoms with van der Waals surface area (Å²) in [5, 5.41) is 0. The molecule has 0 aliphatic heterocycles. The SMILES string of the molecule is COC(C1CCCCC1)C(N)c1cccc(CC(C)C)c1. The van der Waals surface area contributed by atoms with E-state index in [4.69, 9.17) is 10.5 Å². The number of nitrogens with two attached hydrogens (primary N) is 1. The van der Waals surface area contributed by atoms with Gasteiger partial charge in [-0.1, -0.05) is 57.4 Å². The Bertz CT molecular complexity index is 423. The van der Waals surface area contributed by atoms with Crippen LogP contribution >= 0.6 is 0 Å². The van der Waals surface area contributed by atoms with E-state index in [1.54, 1.807) is 0 Å². The van der Waals surface area contributed by atoms with Crippen LogP contribution in [0.3, 0.4) is 0 Å². The number of benzene rings is 1. The number of ether oxygens (including phenoxy) is 1. The molecule has 0 spiro atoms. The molecule has 0 saturated heterocycles. The Morgan fingerprint density at radius 1 is 1.19 bits per heavy atom. The highest BCUT2D eigenvalue weighted by Gasteiger charge is 2.29. The first kappa shape index (κ1) is 16.5. The average molecular weight is 289 g/mol. The van der Waals surface area contributed by atoms with Crippen molar-refractivity contribution in [2.75, 3.05) is 7.11 Å². The maximum atomic E-state index is 6.56. The minimum Gasteiger partial charge on any atom is -0.379 e. The molecule has 118 valence electrons. The summed E-state index contributed by atoms with van der Waals surface area (Å²) in [5.41, 5.74) is 9.17. The van der Waals surface area contributed by atoms with E-state index in [-0.39, 0.29) is 12.1 Å². The Kier molecular flexibility index (Phi) is 6.25. The third kappa shape index (κ3) is 4.55. The highest BCUT2D eigenvalue weighted by Crippen LogP contribution is 2.33. The van der Waals surface area contributed by atoms with Gasteiger partial charge in [0.05, 0.1) is 12.1 Å². The monoisotopic (exact) mass is 289 g/mol. The van der Waals surface area contributed by atoms with E-state index < -0.39 is 0 Å². The molecule has 0 aromatic heterocycles. The molecule has 0 bridgehead atoms. The van der Waals surface area contributed by atoms with Gasteiger partial charge in [0, 0.05) is 7.11 Å². The van der Waals surface area contributed by atoms with E-state index in [1.807, 2.05) is 7.11 Å². The lowest BCUT2D eigenvalue weighted by molar-refractivity contribution is 0.0172. The van der Waals surface area contributed by atoms with Crippen molar-refractivity contribution in [2.45, 2.75) is 64.5 Å². The highest BCUT2D eigenvalue weighted by atomic mass is 16.5. The Morgan fingerprint density at radius 3 is 2.52 bits per heavy atom. The zero-order valence-corrected chi connectivity index (χ0v) is 13.8. The lowest BCUT2D eigenvalue weighted by Crippen LogP contribution is -2.36. The van der Waals surface area contributed by atoms with Crippen LogP contribution in [0.1, 0.15) is 63.1 Å². The van der Waals surface area contributed by atoms with Gasteiger partial charge in [0.25, 0.3) is 0 Å². The Hall–Kier alpha value is -0.860. The summed E-state index contributed by atoms with van der Waals surface area (Å²) in [6.07, 6.45) is 7.80. The Morgan fingerprint density at radius 2 is 1.90 bits per heavy atom. The molecule has 2 rings (SSSR count). The molecule has 1 fully saturated rings. The van der Waals surface area contributed by atoms with Gasteiger partial charge < -0.3 is 10.5 Å². The van der Waals surface area contributed by atoms with E-state index in [9.17, 15) is 0 Å². The first-order valence-electron chi connectivity index (χ1n) is 8.49. The van der Waals surface area contributed by atoms with E-state index in [0.29, 0.717) is 11.8 Å². The molecule has 1 saturated carbocycles. The predicted octanol–water partition coefficient (Wildman–Crippen LogP) is 4.48. The zero-order valence-electron chi connectivity index (χ0n) is 13.8. The van der Waals surface area contributed by atoms with Gasteiger partial charge in [-0.25, -0.2) is 0 Å². The molecule has 2 N–H and O–H groups in total. The lowest BCUT2D eigenvalue weighted by atomic mass is 9.81. The molecule has 2 nitrogen and oxygen atoms in total. The molecule has 2 heteroatoms. The van der Waals surface area contributed by atoms with Gasteiger partial charge in [0.15, 0.2) is 0 Å². The van der Waals surface area contributed by atoms with Crippen LogP contribution in [0.4, 0.5) is 0 Å². The van der Waals surface area contributed by atoms with Crippen LogP contribution in [-0.2, 0) is 11.2 Å². The van der Waals surface area contributed by atoms with Crippen molar-refractivity contribution in [1.29, 1.82) is 0 Å². The summed E-state index contributed by atoms with van der Waals surface area (Å²) in [4.78, 5) is 0. The quantitative estimate of drug-likeness (QED) is 0.838. The third-order valence-corrected chi connectivity index (χ3v) is 4.72. The Balaban J connectivity index is 2.10. The average Bonchev–Trinajstić information content (AvgIpc) is 2.48. The summed E-state index contributed by atoms with van der Waals surface area (Å²) in [7, 11) is 1.82. The van der Waals surface area contributed by atoms with Gasteiger partial charge in [-0.3, -0.25) is 0 Å². The number of hydrogen-bond acceptors (Lipinski definition) is 2. The smallest absolute Gasteiger partial charge is 0.0791 e. The summed E-state index contributed by atoms with van der Waals surface area (Å²) in [6, 6.07) is 8.77. The van der Waals surface area contributed by atoms with Gasteiger partial charge in [-0.15, -0.1) is 0 Å². The van der Waals surface area contributed by atoms with Crippen LogP contribution in [0.25, 0.3) is 0 Å². The number of methoxy groups -OCH3 is 1. The molecule has 21 heavy (non-hydrogen) atoms. The van der Waals surface area contributed by atoms with Crippen LogP contribution in [0.5, 0.6) is 0 Å². The van der Waals surface area contributed by atoms with E-state index in [2.05, 4.69) is 38.1 Å². The fourth-order valence-corrected chi connectivity index (χ4v) is 3.68. The van der Waals surface area contributed by atoms with Crippen molar-refractivity contribution in [3.8, 4) is 0 Å². The second-order valence-electron chi connectivity index (χ2n) is 6.97. The fourth-order valence-electron chi connectivity index (χ4n) is 3.68. The fraction of sp³-hybridized carbons (Fsp3) is 0.684. The second-order valence-corrected chi connectivity index (χ2v) is 6.97. The lowest BCUT2D eigenvalue weighted by Gasteiger charge is -2.33. The third-order valence-electron chi connectivity index (χ3n) is 4.72. The van der Waals surface area contributed by atoms with Crippen LogP contribution in [-0.4, -0.2) is 13.2 Å². The first-order chi connectivity index (χ1) is 10.1. The number of hydrogen-bond donors (Lipinski definition) is 1. The minimum absolute atomic E-state index is 0.00906. The Labute approximate surface area is 130 Å². The van der Waals surface area contributed by atoms with Crippen molar-refractivity contribution in [3.05, 3.63) is 35.4 Å². The topological polar surface area (TPSA) is 35.2 Å². The van der Waals surface area contributed by atoms with Gasteiger partial charge >= 0.3 is 0 Å². The van der Waals surface area contributed by atoms with Crippen molar-refractivity contribution in [1.82, 2.24) is 0 Å². The van der Waals surface area contributed by atoms with E-state index in [0.717, 1.165) is 6.42 Å². The molecular weight excluding hydrogens is 258 g/mol. The molecule has 1 aliphatic carbocycles. The van der Waals surface area contributed by atoms with Crippen molar-refractivity contribution in [2.24, 2.45) is 17.6 Å². The predicted molar refractivity (Wildman–Crippen MR) is 89.3 cm³/mol. The number of rotatable bonds is 6. The molecule has 1 aromatic carbocycles. The summed E-state index contributed by atoms with van der Waals surface area (Å²) in [5.74, 6) is 1.29. The molecule has 1 aromatic rings. The normalized spacial score (nSPS) is 19.7. The van der Waals surface area contributed by atoms with Gasteiger partial charge in [-0.2, -0.15) is 0 Å².